The number of benzene rings is 1. The number of fused-ring (bicyclic) bond motifs is 1. The van der Waals surface area contributed by atoms with Crippen molar-refractivity contribution in [1.82, 2.24) is 25.0 Å². The van der Waals surface area contributed by atoms with Gasteiger partial charge in [-0.25, -0.2) is 9.97 Å². The summed E-state index contributed by atoms with van der Waals surface area (Å²) in [7, 11) is 0. The van der Waals surface area contributed by atoms with Gasteiger partial charge in [0.15, 0.2) is 0 Å². The Labute approximate surface area is 195 Å². The van der Waals surface area contributed by atoms with Gasteiger partial charge in [-0.1, -0.05) is 29.4 Å². The summed E-state index contributed by atoms with van der Waals surface area (Å²) in [6, 6.07) is 12.0. The van der Waals surface area contributed by atoms with E-state index in [0.717, 1.165) is 21.6 Å². The highest BCUT2D eigenvalue weighted by atomic mass is 32.1. The SMILES string of the molecule is Cc1cc(-c2cc(C(=O)NCc3ccccc3Cn3ccnc3)c3c(C)noc3n2)c(C)s1. The van der Waals surface area contributed by atoms with Crippen molar-refractivity contribution in [2.75, 3.05) is 0 Å². The predicted molar refractivity (Wildman–Crippen MR) is 128 cm³/mol. The van der Waals surface area contributed by atoms with Crippen LogP contribution in [0.25, 0.3) is 22.4 Å². The van der Waals surface area contributed by atoms with Gasteiger partial charge in [-0.2, -0.15) is 0 Å². The first kappa shape index (κ1) is 21.1. The van der Waals surface area contributed by atoms with E-state index in [1.54, 1.807) is 23.9 Å². The highest BCUT2D eigenvalue weighted by Gasteiger charge is 2.20. The molecule has 0 aliphatic rings. The smallest absolute Gasteiger partial charge is 0.259 e. The molecule has 0 saturated carbocycles. The maximum Gasteiger partial charge on any atom is 0.259 e. The maximum atomic E-state index is 13.4. The Hall–Kier alpha value is -3.78. The number of pyridine rings is 1. The van der Waals surface area contributed by atoms with Gasteiger partial charge in [-0.15, -0.1) is 11.3 Å². The van der Waals surface area contributed by atoms with Crippen molar-refractivity contribution < 1.29 is 9.32 Å². The summed E-state index contributed by atoms with van der Waals surface area (Å²) >= 11 is 1.71. The third-order valence-corrected chi connectivity index (χ3v) is 6.61. The van der Waals surface area contributed by atoms with Crippen LogP contribution < -0.4 is 5.32 Å². The number of nitrogens with one attached hydrogen (secondary N) is 1. The minimum Gasteiger partial charge on any atom is -0.348 e. The molecule has 0 bridgehead atoms. The standard InChI is InChI=1S/C25H23N5O2S/c1-15-10-20(17(3)33-15)22-11-21(23-16(2)29-32-25(23)28-22)24(31)27-12-18-6-4-5-7-19(18)13-30-9-8-26-14-30/h4-11,14H,12-13H2,1-3H3,(H,27,31). The van der Waals surface area contributed by atoms with Crippen LogP contribution in [-0.4, -0.2) is 25.6 Å². The maximum absolute atomic E-state index is 13.4. The molecule has 4 aromatic heterocycles. The first-order valence-corrected chi connectivity index (χ1v) is 11.5. The summed E-state index contributed by atoms with van der Waals surface area (Å²) in [6.45, 7) is 7.04. The summed E-state index contributed by atoms with van der Waals surface area (Å²) < 4.78 is 7.45. The summed E-state index contributed by atoms with van der Waals surface area (Å²) in [5.41, 5.74) is 5.44. The number of carbonyl (C=O) groups excluding carboxylic acids is 1. The molecule has 5 rings (SSSR count). The fraction of sp³-hybridized carbons (Fsp3) is 0.200. The van der Waals surface area contributed by atoms with Gasteiger partial charge in [-0.05, 0) is 44.0 Å². The Morgan fingerprint density at radius 1 is 1.15 bits per heavy atom. The summed E-state index contributed by atoms with van der Waals surface area (Å²) in [5.74, 6) is -0.183. The monoisotopic (exact) mass is 457 g/mol. The van der Waals surface area contributed by atoms with Crippen LogP contribution in [0.3, 0.4) is 0 Å². The summed E-state index contributed by atoms with van der Waals surface area (Å²) in [4.78, 5) is 24.5. The van der Waals surface area contributed by atoms with Crippen molar-refractivity contribution in [3.05, 3.63) is 87.3 Å². The molecule has 0 fully saturated rings. The Morgan fingerprint density at radius 2 is 1.97 bits per heavy atom. The summed E-state index contributed by atoms with van der Waals surface area (Å²) in [5, 5.41) is 7.78. The molecule has 0 spiro atoms. The van der Waals surface area contributed by atoms with Crippen LogP contribution >= 0.6 is 11.3 Å². The fourth-order valence-electron chi connectivity index (χ4n) is 4.03. The lowest BCUT2D eigenvalue weighted by molar-refractivity contribution is 0.0952. The lowest BCUT2D eigenvalue weighted by Gasteiger charge is -2.12. The van der Waals surface area contributed by atoms with E-state index < -0.39 is 0 Å². The molecule has 0 atom stereocenters. The zero-order valence-electron chi connectivity index (χ0n) is 18.6. The molecule has 1 N–H and O–H groups in total. The zero-order valence-corrected chi connectivity index (χ0v) is 19.4. The number of hydrogen-bond donors (Lipinski definition) is 1. The quantitative estimate of drug-likeness (QED) is 0.386. The van der Waals surface area contributed by atoms with Crippen LogP contribution in [0, 0.1) is 20.8 Å². The number of aryl methyl sites for hydroxylation is 3. The van der Waals surface area contributed by atoms with E-state index in [-0.39, 0.29) is 5.91 Å². The van der Waals surface area contributed by atoms with Gasteiger partial charge in [0.05, 0.1) is 28.7 Å². The molecule has 166 valence electrons. The van der Waals surface area contributed by atoms with Crippen LogP contribution in [-0.2, 0) is 13.1 Å². The average molecular weight is 458 g/mol. The topological polar surface area (TPSA) is 85.8 Å². The number of nitrogens with zero attached hydrogens (tertiary/aromatic N) is 4. The average Bonchev–Trinajstić information content (AvgIpc) is 3.53. The van der Waals surface area contributed by atoms with Crippen molar-refractivity contribution >= 4 is 28.3 Å². The number of imidazole rings is 1. The normalized spacial score (nSPS) is 11.2. The second-order valence-corrected chi connectivity index (χ2v) is 9.48. The highest BCUT2D eigenvalue weighted by Crippen LogP contribution is 2.32. The van der Waals surface area contributed by atoms with Gasteiger partial charge in [-0.3, -0.25) is 4.79 Å². The molecule has 0 saturated heterocycles. The van der Waals surface area contributed by atoms with E-state index in [1.165, 1.54) is 4.88 Å². The number of hydrogen-bond acceptors (Lipinski definition) is 6. The van der Waals surface area contributed by atoms with Gasteiger partial charge < -0.3 is 14.4 Å². The molecule has 1 amide bonds. The van der Waals surface area contributed by atoms with E-state index in [1.807, 2.05) is 42.0 Å². The van der Waals surface area contributed by atoms with Crippen molar-refractivity contribution in [2.24, 2.45) is 0 Å². The van der Waals surface area contributed by atoms with E-state index in [9.17, 15) is 4.79 Å². The Bertz CT molecular complexity index is 1450. The number of thiophene rings is 1. The molecular weight excluding hydrogens is 434 g/mol. The van der Waals surface area contributed by atoms with Crippen LogP contribution in [0.15, 0.2) is 59.6 Å². The van der Waals surface area contributed by atoms with Gasteiger partial charge in [0.25, 0.3) is 11.6 Å². The van der Waals surface area contributed by atoms with E-state index in [2.05, 4.69) is 46.4 Å². The van der Waals surface area contributed by atoms with Crippen LogP contribution in [0.1, 0.15) is 36.9 Å². The fourth-order valence-corrected chi connectivity index (χ4v) is 4.96. The number of amides is 1. The predicted octanol–water partition coefficient (Wildman–Crippen LogP) is 5.05. The van der Waals surface area contributed by atoms with Crippen molar-refractivity contribution in [1.29, 1.82) is 0 Å². The van der Waals surface area contributed by atoms with Gasteiger partial charge in [0.1, 0.15) is 0 Å². The van der Waals surface area contributed by atoms with Gasteiger partial charge >= 0.3 is 0 Å². The second kappa shape index (κ2) is 8.63. The summed E-state index contributed by atoms with van der Waals surface area (Å²) in [6.07, 6.45) is 5.47. The van der Waals surface area contributed by atoms with E-state index in [4.69, 9.17) is 4.52 Å². The second-order valence-electron chi connectivity index (χ2n) is 8.02. The molecule has 0 aliphatic heterocycles. The molecule has 4 heterocycles. The largest absolute Gasteiger partial charge is 0.348 e. The molecule has 5 aromatic rings. The van der Waals surface area contributed by atoms with Crippen molar-refractivity contribution in [3.8, 4) is 11.3 Å². The third-order valence-electron chi connectivity index (χ3n) is 5.65. The van der Waals surface area contributed by atoms with E-state index >= 15 is 0 Å². The van der Waals surface area contributed by atoms with Crippen molar-refractivity contribution in [3.63, 3.8) is 0 Å². The van der Waals surface area contributed by atoms with Crippen LogP contribution in [0.2, 0.25) is 0 Å². The molecule has 8 heteroatoms. The molecule has 0 unspecified atom stereocenters. The van der Waals surface area contributed by atoms with Crippen molar-refractivity contribution in [2.45, 2.75) is 33.9 Å². The third kappa shape index (κ3) is 4.17. The van der Waals surface area contributed by atoms with E-state index in [0.29, 0.717) is 41.1 Å². The molecule has 0 aliphatic carbocycles. The molecule has 33 heavy (non-hydrogen) atoms. The molecule has 1 aromatic carbocycles. The number of carbonyl (C=O) groups is 1. The minimum absolute atomic E-state index is 0.183. The Morgan fingerprint density at radius 3 is 2.70 bits per heavy atom. The first-order valence-electron chi connectivity index (χ1n) is 10.6. The number of aromatic nitrogens is 4. The van der Waals surface area contributed by atoms with Gasteiger partial charge in [0, 0.05) is 40.8 Å². The minimum atomic E-state index is -0.183. The number of rotatable bonds is 6. The highest BCUT2D eigenvalue weighted by molar-refractivity contribution is 7.12. The van der Waals surface area contributed by atoms with Crippen LogP contribution in [0.5, 0.6) is 0 Å². The van der Waals surface area contributed by atoms with Gasteiger partial charge in [0.2, 0.25) is 0 Å². The molecule has 0 radical (unpaired) electrons. The lowest BCUT2D eigenvalue weighted by Crippen LogP contribution is -2.24. The van der Waals surface area contributed by atoms with Crippen LogP contribution in [0.4, 0.5) is 0 Å². The Balaban J connectivity index is 1.46. The Kier molecular flexibility index (Phi) is 5.51. The first-order chi connectivity index (χ1) is 16.0. The zero-order chi connectivity index (χ0) is 22.9. The molecule has 7 nitrogen and oxygen atoms in total. The lowest BCUT2D eigenvalue weighted by atomic mass is 10.0. The molecular formula is C25H23N5O2S.